The second-order valence-electron chi connectivity index (χ2n) is 5.29. The minimum Gasteiger partial charge on any atom is -0.303 e. The van der Waals surface area contributed by atoms with E-state index in [1.54, 1.807) is 6.20 Å². The lowest BCUT2D eigenvalue weighted by atomic mass is 10.1. The molecule has 1 N–H and O–H groups in total. The first kappa shape index (κ1) is 16.1. The Morgan fingerprint density at radius 2 is 2.13 bits per heavy atom. The molecular weight excluding hydrogens is 377 g/mol. The average molecular weight is 389 g/mol. The van der Waals surface area contributed by atoms with E-state index in [-0.39, 0.29) is 12.2 Å². The second kappa shape index (κ2) is 6.04. The normalized spacial score (nSPS) is 15.5. The van der Waals surface area contributed by atoms with Crippen LogP contribution < -0.4 is 5.56 Å². The monoisotopic (exact) mass is 388 g/mol. The molecule has 0 bridgehead atoms. The number of fused-ring (bicyclic) bond motifs is 1. The molecule has 1 aliphatic heterocycles. The Hall–Kier alpha value is -1.74. The van der Waals surface area contributed by atoms with Gasteiger partial charge in [-0.05, 0) is 27.6 Å². The lowest BCUT2D eigenvalue weighted by Crippen LogP contribution is -2.36. The summed E-state index contributed by atoms with van der Waals surface area (Å²) in [4.78, 5) is 23.4. The van der Waals surface area contributed by atoms with E-state index in [2.05, 4.69) is 25.9 Å². The number of halogens is 4. The van der Waals surface area contributed by atoms with Crippen molar-refractivity contribution in [2.45, 2.75) is 25.7 Å². The fourth-order valence-corrected chi connectivity index (χ4v) is 2.74. The van der Waals surface area contributed by atoms with Crippen molar-refractivity contribution in [1.82, 2.24) is 19.9 Å². The van der Waals surface area contributed by atoms with Crippen molar-refractivity contribution in [2.24, 2.45) is 0 Å². The fourth-order valence-electron chi connectivity index (χ4n) is 2.51. The van der Waals surface area contributed by atoms with Crippen LogP contribution in [-0.4, -0.2) is 26.4 Å². The standard InChI is InChI=1S/C14H12BrF3N4O/c15-11-2-1-8(5-19-11)6-22-4-3-10-9(7-22)12(23)21-13(20-10)14(16,17)18/h1-2,5H,3-4,6-7H2,(H,20,21,23). The number of nitrogens with zero attached hydrogens (tertiary/aromatic N) is 3. The zero-order valence-electron chi connectivity index (χ0n) is 11.8. The molecule has 0 spiro atoms. The molecular formula is C14H12BrF3N4O. The number of nitrogens with one attached hydrogen (secondary N) is 1. The summed E-state index contributed by atoms with van der Waals surface area (Å²) in [5, 5.41) is 0. The van der Waals surface area contributed by atoms with Gasteiger partial charge < -0.3 is 4.98 Å². The summed E-state index contributed by atoms with van der Waals surface area (Å²) < 4.78 is 38.8. The number of pyridine rings is 1. The number of hydrogen-bond acceptors (Lipinski definition) is 4. The van der Waals surface area contributed by atoms with E-state index in [1.807, 2.05) is 22.0 Å². The molecule has 2 aromatic heterocycles. The lowest BCUT2D eigenvalue weighted by molar-refractivity contribution is -0.145. The van der Waals surface area contributed by atoms with Crippen molar-refractivity contribution < 1.29 is 13.2 Å². The summed E-state index contributed by atoms with van der Waals surface area (Å²) in [6.07, 6.45) is -2.62. The minimum absolute atomic E-state index is 0.228. The van der Waals surface area contributed by atoms with Gasteiger partial charge in [-0.1, -0.05) is 6.07 Å². The lowest BCUT2D eigenvalue weighted by Gasteiger charge is -2.27. The van der Waals surface area contributed by atoms with E-state index in [9.17, 15) is 18.0 Å². The quantitative estimate of drug-likeness (QED) is 0.802. The van der Waals surface area contributed by atoms with E-state index in [4.69, 9.17) is 0 Å². The summed E-state index contributed by atoms with van der Waals surface area (Å²) in [6, 6.07) is 3.72. The third-order valence-corrected chi connectivity index (χ3v) is 4.08. The highest BCUT2D eigenvalue weighted by Gasteiger charge is 2.35. The molecule has 0 fully saturated rings. The van der Waals surface area contributed by atoms with Gasteiger partial charge in [-0.3, -0.25) is 9.69 Å². The van der Waals surface area contributed by atoms with Gasteiger partial charge >= 0.3 is 6.18 Å². The zero-order valence-corrected chi connectivity index (χ0v) is 13.4. The highest BCUT2D eigenvalue weighted by atomic mass is 79.9. The Bertz CT molecular complexity index is 773. The van der Waals surface area contributed by atoms with Crippen LogP contribution in [0.3, 0.4) is 0 Å². The van der Waals surface area contributed by atoms with Gasteiger partial charge in [0.2, 0.25) is 5.82 Å². The average Bonchev–Trinajstić information content (AvgIpc) is 2.49. The van der Waals surface area contributed by atoms with E-state index in [0.29, 0.717) is 25.1 Å². The van der Waals surface area contributed by atoms with Gasteiger partial charge in [0.25, 0.3) is 5.56 Å². The van der Waals surface area contributed by atoms with Gasteiger partial charge in [0.05, 0.1) is 11.3 Å². The van der Waals surface area contributed by atoms with Gasteiger partial charge in [0.1, 0.15) is 4.60 Å². The number of rotatable bonds is 2. The van der Waals surface area contributed by atoms with Crippen LogP contribution in [0.2, 0.25) is 0 Å². The molecule has 3 rings (SSSR count). The summed E-state index contributed by atoms with van der Waals surface area (Å²) >= 11 is 3.25. The predicted molar refractivity (Wildman–Crippen MR) is 79.6 cm³/mol. The van der Waals surface area contributed by atoms with E-state index in [0.717, 1.165) is 10.2 Å². The van der Waals surface area contributed by atoms with E-state index < -0.39 is 17.6 Å². The third-order valence-electron chi connectivity index (χ3n) is 3.61. The zero-order chi connectivity index (χ0) is 16.6. The fraction of sp³-hybridized carbons (Fsp3) is 0.357. The van der Waals surface area contributed by atoms with Crippen LogP contribution in [0.4, 0.5) is 13.2 Å². The van der Waals surface area contributed by atoms with Gasteiger partial charge in [-0.2, -0.15) is 13.2 Å². The highest BCUT2D eigenvalue weighted by molar-refractivity contribution is 9.10. The molecule has 122 valence electrons. The van der Waals surface area contributed by atoms with Crippen molar-refractivity contribution in [3.05, 3.63) is 55.9 Å². The topological polar surface area (TPSA) is 61.9 Å². The maximum Gasteiger partial charge on any atom is 0.449 e. The van der Waals surface area contributed by atoms with Gasteiger partial charge in [0, 0.05) is 32.3 Å². The smallest absolute Gasteiger partial charge is 0.303 e. The molecule has 0 saturated carbocycles. The molecule has 0 atom stereocenters. The number of aromatic nitrogens is 3. The molecule has 0 radical (unpaired) electrons. The molecule has 3 heterocycles. The first-order valence-corrected chi connectivity index (χ1v) is 7.64. The second-order valence-corrected chi connectivity index (χ2v) is 6.10. The number of hydrogen-bond donors (Lipinski definition) is 1. The molecule has 2 aromatic rings. The first-order chi connectivity index (χ1) is 10.8. The summed E-state index contributed by atoms with van der Waals surface area (Å²) in [5.74, 6) is -1.23. The van der Waals surface area contributed by atoms with Crippen molar-refractivity contribution in [3.63, 3.8) is 0 Å². The Kier molecular flexibility index (Phi) is 4.24. The van der Waals surface area contributed by atoms with Gasteiger partial charge in [-0.15, -0.1) is 0 Å². The maximum atomic E-state index is 12.7. The number of alkyl halides is 3. The molecule has 0 unspecified atom stereocenters. The summed E-state index contributed by atoms with van der Waals surface area (Å²) in [6.45, 7) is 1.38. The third kappa shape index (κ3) is 3.61. The van der Waals surface area contributed by atoms with Crippen molar-refractivity contribution in [3.8, 4) is 0 Å². The molecule has 0 amide bonds. The SMILES string of the molecule is O=c1[nH]c(C(F)(F)F)nc2c1CN(Cc1ccc(Br)nc1)CC2. The minimum atomic E-state index is -4.64. The van der Waals surface area contributed by atoms with E-state index >= 15 is 0 Å². The largest absolute Gasteiger partial charge is 0.449 e. The maximum absolute atomic E-state index is 12.7. The number of H-pyrrole nitrogens is 1. The molecule has 9 heteroatoms. The van der Waals surface area contributed by atoms with Gasteiger partial charge in [0.15, 0.2) is 0 Å². The van der Waals surface area contributed by atoms with Crippen LogP contribution in [0.15, 0.2) is 27.7 Å². The molecule has 0 aromatic carbocycles. The summed E-state index contributed by atoms with van der Waals surface area (Å²) in [5.41, 5.74) is 0.773. The first-order valence-electron chi connectivity index (χ1n) is 6.85. The van der Waals surface area contributed by atoms with Gasteiger partial charge in [-0.25, -0.2) is 9.97 Å². The van der Waals surface area contributed by atoms with Crippen LogP contribution >= 0.6 is 15.9 Å². The van der Waals surface area contributed by atoms with Crippen molar-refractivity contribution in [2.75, 3.05) is 6.54 Å². The van der Waals surface area contributed by atoms with Crippen molar-refractivity contribution >= 4 is 15.9 Å². The Morgan fingerprint density at radius 1 is 1.35 bits per heavy atom. The Labute approximate surface area is 137 Å². The van der Waals surface area contributed by atoms with Crippen LogP contribution in [-0.2, 0) is 25.7 Å². The van der Waals surface area contributed by atoms with E-state index in [1.165, 1.54) is 0 Å². The molecule has 0 aliphatic carbocycles. The molecule has 0 saturated heterocycles. The van der Waals surface area contributed by atoms with Crippen molar-refractivity contribution in [1.29, 1.82) is 0 Å². The Morgan fingerprint density at radius 3 is 2.78 bits per heavy atom. The Balaban J connectivity index is 1.81. The van der Waals surface area contributed by atoms with Crippen LogP contribution in [0.25, 0.3) is 0 Å². The van der Waals surface area contributed by atoms with Crippen LogP contribution in [0, 0.1) is 0 Å². The molecule has 5 nitrogen and oxygen atoms in total. The van der Waals surface area contributed by atoms with Crippen LogP contribution in [0.1, 0.15) is 22.6 Å². The molecule has 1 aliphatic rings. The number of aromatic amines is 1. The van der Waals surface area contributed by atoms with Crippen LogP contribution in [0.5, 0.6) is 0 Å². The highest BCUT2D eigenvalue weighted by Crippen LogP contribution is 2.26. The molecule has 23 heavy (non-hydrogen) atoms. The predicted octanol–water partition coefficient (Wildman–Crippen LogP) is 2.50. The summed E-state index contributed by atoms with van der Waals surface area (Å²) in [7, 11) is 0.